The van der Waals surface area contributed by atoms with Crippen LogP contribution in [0.2, 0.25) is 0 Å². The number of carbonyl (C=O) groups is 1. The van der Waals surface area contributed by atoms with Crippen molar-refractivity contribution in [3.63, 3.8) is 0 Å². The summed E-state index contributed by atoms with van der Waals surface area (Å²) in [6.07, 6.45) is 0. The van der Waals surface area contributed by atoms with Crippen LogP contribution >= 0.6 is 23.5 Å². The van der Waals surface area contributed by atoms with E-state index in [-0.39, 0.29) is 12.6 Å². The lowest BCUT2D eigenvalue weighted by molar-refractivity contribution is -0.148. The van der Waals surface area contributed by atoms with Gasteiger partial charge in [-0.05, 0) is 6.92 Å². The SMILES string of the molecule is CCOC(=O)COCCNCC1CSCCS1. The molecule has 100 valence electrons. The number of carbonyl (C=O) groups excluding carboxylic acids is 1. The van der Waals surface area contributed by atoms with Crippen LogP contribution in [0.4, 0.5) is 0 Å². The van der Waals surface area contributed by atoms with Gasteiger partial charge in [0.05, 0.1) is 13.2 Å². The van der Waals surface area contributed by atoms with Crippen LogP contribution in [0.15, 0.2) is 0 Å². The molecule has 6 heteroatoms. The van der Waals surface area contributed by atoms with Gasteiger partial charge in [0.15, 0.2) is 0 Å². The number of hydrogen-bond donors (Lipinski definition) is 1. The lowest BCUT2D eigenvalue weighted by Gasteiger charge is -2.21. The summed E-state index contributed by atoms with van der Waals surface area (Å²) in [6.45, 7) is 4.64. The van der Waals surface area contributed by atoms with Gasteiger partial charge in [0.25, 0.3) is 0 Å². The predicted molar refractivity (Wildman–Crippen MR) is 73.9 cm³/mol. The normalized spacial score (nSPS) is 20.2. The summed E-state index contributed by atoms with van der Waals surface area (Å²) in [5, 5.41) is 4.07. The average molecular weight is 279 g/mol. The molecule has 0 bridgehead atoms. The number of esters is 1. The van der Waals surface area contributed by atoms with Crippen LogP contribution in [-0.2, 0) is 14.3 Å². The molecule has 0 aromatic heterocycles. The number of hydrogen-bond acceptors (Lipinski definition) is 6. The van der Waals surface area contributed by atoms with E-state index >= 15 is 0 Å². The fourth-order valence-corrected chi connectivity index (χ4v) is 4.07. The standard InChI is InChI=1S/C11H21NO3S2/c1-2-15-11(13)8-14-4-3-12-7-10-9-16-5-6-17-10/h10,12H,2-9H2,1H3. The highest BCUT2D eigenvalue weighted by molar-refractivity contribution is 8.06. The number of rotatable bonds is 8. The van der Waals surface area contributed by atoms with Crippen LogP contribution in [0.3, 0.4) is 0 Å². The second-order valence-corrected chi connectivity index (χ2v) is 6.19. The lowest BCUT2D eigenvalue weighted by Crippen LogP contribution is -2.31. The molecule has 0 aromatic rings. The first kappa shape index (κ1) is 15.1. The van der Waals surface area contributed by atoms with Gasteiger partial charge in [-0.15, -0.1) is 0 Å². The van der Waals surface area contributed by atoms with E-state index in [1.807, 2.05) is 23.5 Å². The third-order valence-electron chi connectivity index (χ3n) is 2.21. The van der Waals surface area contributed by atoms with Gasteiger partial charge in [-0.25, -0.2) is 4.79 Å². The van der Waals surface area contributed by atoms with Crippen molar-refractivity contribution < 1.29 is 14.3 Å². The van der Waals surface area contributed by atoms with Gasteiger partial charge < -0.3 is 14.8 Å². The van der Waals surface area contributed by atoms with Crippen molar-refractivity contribution >= 4 is 29.5 Å². The summed E-state index contributed by atoms with van der Waals surface area (Å²) in [7, 11) is 0. The highest BCUT2D eigenvalue weighted by Gasteiger charge is 2.13. The third kappa shape index (κ3) is 7.91. The highest BCUT2D eigenvalue weighted by atomic mass is 32.2. The van der Waals surface area contributed by atoms with E-state index in [0.717, 1.165) is 18.3 Å². The molecule has 1 N–H and O–H groups in total. The Labute approximate surface area is 112 Å². The van der Waals surface area contributed by atoms with Crippen LogP contribution in [0.25, 0.3) is 0 Å². The maximum absolute atomic E-state index is 10.9. The first-order chi connectivity index (χ1) is 8.33. The van der Waals surface area contributed by atoms with E-state index < -0.39 is 0 Å². The predicted octanol–water partition coefficient (Wildman–Crippen LogP) is 1.00. The quantitative estimate of drug-likeness (QED) is 0.528. The zero-order valence-corrected chi connectivity index (χ0v) is 11.9. The van der Waals surface area contributed by atoms with Gasteiger partial charge in [-0.1, -0.05) is 0 Å². The largest absolute Gasteiger partial charge is 0.464 e. The van der Waals surface area contributed by atoms with E-state index in [4.69, 9.17) is 9.47 Å². The molecule has 1 unspecified atom stereocenters. The molecule has 1 saturated heterocycles. The zero-order valence-electron chi connectivity index (χ0n) is 10.3. The molecular weight excluding hydrogens is 258 g/mol. The van der Waals surface area contributed by atoms with Gasteiger partial charge in [0, 0.05) is 35.6 Å². The molecule has 0 radical (unpaired) electrons. The van der Waals surface area contributed by atoms with Crippen molar-refractivity contribution in [1.82, 2.24) is 5.32 Å². The summed E-state index contributed by atoms with van der Waals surface area (Å²) in [5.74, 6) is 3.49. The Kier molecular flexibility index (Phi) is 8.96. The van der Waals surface area contributed by atoms with Crippen LogP contribution in [0.5, 0.6) is 0 Å². The van der Waals surface area contributed by atoms with Crippen LogP contribution in [0.1, 0.15) is 6.92 Å². The maximum Gasteiger partial charge on any atom is 0.332 e. The van der Waals surface area contributed by atoms with Crippen molar-refractivity contribution in [2.24, 2.45) is 0 Å². The fraction of sp³-hybridized carbons (Fsp3) is 0.909. The summed E-state index contributed by atoms with van der Waals surface area (Å²) < 4.78 is 9.94. The second kappa shape index (κ2) is 10.1. The van der Waals surface area contributed by atoms with Gasteiger partial charge in [-0.3, -0.25) is 0 Å². The first-order valence-corrected chi connectivity index (χ1v) is 8.16. The molecule has 1 aliphatic heterocycles. The van der Waals surface area contributed by atoms with E-state index in [9.17, 15) is 4.79 Å². The number of ether oxygens (including phenoxy) is 2. The highest BCUT2D eigenvalue weighted by Crippen LogP contribution is 2.23. The van der Waals surface area contributed by atoms with Gasteiger partial charge in [-0.2, -0.15) is 23.5 Å². The molecule has 1 heterocycles. The molecule has 1 fully saturated rings. The molecule has 4 nitrogen and oxygen atoms in total. The van der Waals surface area contributed by atoms with Crippen molar-refractivity contribution in [2.75, 3.05) is 50.2 Å². The zero-order chi connectivity index (χ0) is 12.3. The van der Waals surface area contributed by atoms with Gasteiger partial charge in [0.1, 0.15) is 6.61 Å². The van der Waals surface area contributed by atoms with Crippen LogP contribution in [0, 0.1) is 0 Å². The van der Waals surface area contributed by atoms with Gasteiger partial charge >= 0.3 is 5.97 Å². The summed E-state index contributed by atoms with van der Waals surface area (Å²) in [6, 6.07) is 0. The number of thioether (sulfide) groups is 2. The summed E-state index contributed by atoms with van der Waals surface area (Å²) in [4.78, 5) is 10.9. The molecule has 17 heavy (non-hydrogen) atoms. The molecular formula is C11H21NO3S2. The molecule has 0 aromatic carbocycles. The maximum atomic E-state index is 10.9. The average Bonchev–Trinajstić information content (AvgIpc) is 2.35. The topological polar surface area (TPSA) is 47.6 Å². The molecule has 0 aliphatic carbocycles. The monoisotopic (exact) mass is 279 g/mol. The van der Waals surface area contributed by atoms with Gasteiger partial charge in [0.2, 0.25) is 0 Å². The molecule has 0 spiro atoms. The summed E-state index contributed by atoms with van der Waals surface area (Å²) in [5.41, 5.74) is 0. The third-order valence-corrected chi connectivity index (χ3v) is 5.05. The molecule has 0 saturated carbocycles. The first-order valence-electron chi connectivity index (χ1n) is 5.96. The Morgan fingerprint density at radius 3 is 3.06 bits per heavy atom. The minimum Gasteiger partial charge on any atom is -0.464 e. The molecule has 1 atom stereocenters. The second-order valence-electron chi connectivity index (χ2n) is 3.63. The Balaban J connectivity index is 1.85. The Morgan fingerprint density at radius 2 is 2.35 bits per heavy atom. The molecule has 1 aliphatic rings. The Morgan fingerprint density at radius 1 is 1.47 bits per heavy atom. The minimum atomic E-state index is -0.285. The van der Waals surface area contributed by atoms with Crippen LogP contribution < -0.4 is 5.32 Å². The number of nitrogens with one attached hydrogen (secondary N) is 1. The van der Waals surface area contributed by atoms with E-state index in [0.29, 0.717) is 13.2 Å². The van der Waals surface area contributed by atoms with E-state index in [1.54, 1.807) is 6.92 Å². The lowest BCUT2D eigenvalue weighted by atomic mass is 10.4. The van der Waals surface area contributed by atoms with E-state index in [1.165, 1.54) is 17.3 Å². The smallest absolute Gasteiger partial charge is 0.332 e. The molecule has 0 amide bonds. The molecule has 1 rings (SSSR count). The Hall–Kier alpha value is 0.0900. The van der Waals surface area contributed by atoms with Crippen LogP contribution in [-0.4, -0.2) is 61.4 Å². The van der Waals surface area contributed by atoms with Crippen molar-refractivity contribution in [2.45, 2.75) is 12.2 Å². The van der Waals surface area contributed by atoms with Crippen molar-refractivity contribution in [1.29, 1.82) is 0 Å². The Bertz CT molecular complexity index is 211. The summed E-state index contributed by atoms with van der Waals surface area (Å²) >= 11 is 4.07. The fourth-order valence-electron chi connectivity index (χ4n) is 1.42. The van der Waals surface area contributed by atoms with E-state index in [2.05, 4.69) is 5.32 Å². The minimum absolute atomic E-state index is 0.0591. The van der Waals surface area contributed by atoms with Crippen molar-refractivity contribution in [3.05, 3.63) is 0 Å². The van der Waals surface area contributed by atoms with Crippen molar-refractivity contribution in [3.8, 4) is 0 Å².